The number of benzene rings is 2. The van der Waals surface area contributed by atoms with Crippen LogP contribution >= 0.6 is 0 Å². The lowest BCUT2D eigenvalue weighted by atomic mass is 10.0. The fourth-order valence-electron chi connectivity index (χ4n) is 4.12. The summed E-state index contributed by atoms with van der Waals surface area (Å²) in [5.41, 5.74) is 6.44. The van der Waals surface area contributed by atoms with E-state index in [1.807, 2.05) is 19.1 Å². The number of pyridine rings is 1. The highest BCUT2D eigenvalue weighted by atomic mass is 32.2. The molecule has 6 heteroatoms. The Bertz CT molecular complexity index is 1290. The Labute approximate surface area is 183 Å². The second-order valence-corrected chi connectivity index (χ2v) is 9.32. The van der Waals surface area contributed by atoms with Gasteiger partial charge in [-0.15, -0.1) is 0 Å². The van der Waals surface area contributed by atoms with Crippen LogP contribution in [0.2, 0.25) is 0 Å². The van der Waals surface area contributed by atoms with Gasteiger partial charge < -0.3 is 9.45 Å². The average molecular weight is 435 g/mol. The van der Waals surface area contributed by atoms with Gasteiger partial charge in [-0.25, -0.2) is 8.42 Å². The number of anilines is 1. The topological polar surface area (TPSA) is 64.3 Å². The summed E-state index contributed by atoms with van der Waals surface area (Å²) in [5, 5.41) is 1.18. The van der Waals surface area contributed by atoms with Gasteiger partial charge in [-0.1, -0.05) is 30.3 Å². The van der Waals surface area contributed by atoms with Crippen molar-refractivity contribution in [2.24, 2.45) is 0 Å². The van der Waals surface area contributed by atoms with Crippen LogP contribution in [0.4, 0.5) is 5.69 Å². The molecule has 1 aliphatic heterocycles. The SMILES string of the molecule is CC[n+]1c(/C=C2\C=Cc3ccc(C)cc3N2CCCS(=O)(=O)[O-])ccc2ccccc21. The third kappa shape index (κ3) is 4.70. The van der Waals surface area contributed by atoms with E-state index in [2.05, 4.69) is 77.1 Å². The fraction of sp³-hybridized carbons (Fsp3) is 0.240. The van der Waals surface area contributed by atoms with Crippen molar-refractivity contribution in [3.8, 4) is 0 Å². The van der Waals surface area contributed by atoms with Gasteiger partial charge in [0.05, 0.1) is 10.1 Å². The van der Waals surface area contributed by atoms with E-state index in [1.165, 1.54) is 10.9 Å². The molecular formula is C25H26N2O3S. The fourth-order valence-corrected chi connectivity index (χ4v) is 4.60. The second kappa shape index (κ2) is 8.65. The van der Waals surface area contributed by atoms with E-state index in [-0.39, 0.29) is 12.2 Å². The first-order valence-electron chi connectivity index (χ1n) is 10.5. The highest BCUT2D eigenvalue weighted by Gasteiger charge is 2.20. The molecular weight excluding hydrogens is 408 g/mol. The second-order valence-electron chi connectivity index (χ2n) is 7.79. The van der Waals surface area contributed by atoms with E-state index < -0.39 is 10.1 Å². The summed E-state index contributed by atoms with van der Waals surface area (Å²) in [6.45, 7) is 5.44. The number of allylic oxidation sites excluding steroid dienone is 1. The predicted octanol–water partition coefficient (Wildman–Crippen LogP) is 4.27. The van der Waals surface area contributed by atoms with Crippen molar-refractivity contribution in [3.05, 3.63) is 83.2 Å². The van der Waals surface area contributed by atoms with Gasteiger partial charge in [-0.3, -0.25) is 0 Å². The number of nitrogens with zero attached hydrogens (tertiary/aromatic N) is 2. The van der Waals surface area contributed by atoms with Crippen molar-refractivity contribution < 1.29 is 17.5 Å². The van der Waals surface area contributed by atoms with Crippen molar-refractivity contribution in [2.75, 3.05) is 17.2 Å². The zero-order chi connectivity index (χ0) is 22.0. The molecule has 0 amide bonds. The zero-order valence-electron chi connectivity index (χ0n) is 17.8. The molecule has 0 bridgehead atoms. The van der Waals surface area contributed by atoms with Crippen LogP contribution in [0.25, 0.3) is 23.1 Å². The molecule has 0 N–H and O–H groups in total. The number of aromatic nitrogens is 1. The minimum Gasteiger partial charge on any atom is -0.748 e. The van der Waals surface area contributed by atoms with E-state index >= 15 is 0 Å². The highest BCUT2D eigenvalue weighted by molar-refractivity contribution is 7.85. The zero-order valence-corrected chi connectivity index (χ0v) is 18.6. The van der Waals surface area contributed by atoms with Gasteiger partial charge in [0.2, 0.25) is 11.2 Å². The minimum absolute atomic E-state index is 0.274. The molecule has 2 aromatic carbocycles. The number of fused-ring (bicyclic) bond motifs is 2. The minimum atomic E-state index is -4.24. The van der Waals surface area contributed by atoms with Gasteiger partial charge in [0, 0.05) is 47.3 Å². The van der Waals surface area contributed by atoms with Crippen molar-refractivity contribution in [1.82, 2.24) is 0 Å². The number of hydrogen-bond donors (Lipinski definition) is 0. The van der Waals surface area contributed by atoms with Crippen LogP contribution < -0.4 is 9.47 Å². The standard InChI is InChI=1S/C25H26N2O3S/c1-3-26-22(13-11-20-7-4-5-8-24(20)26)18-23-14-12-21-10-9-19(2)17-25(21)27(23)15-6-16-31(28,29)30/h4-5,7-14,17-18H,3,6,15-16H2,1-2H3. The molecule has 5 nitrogen and oxygen atoms in total. The summed E-state index contributed by atoms with van der Waals surface area (Å²) >= 11 is 0. The summed E-state index contributed by atoms with van der Waals surface area (Å²) in [7, 11) is -4.24. The molecule has 0 atom stereocenters. The lowest BCUT2D eigenvalue weighted by molar-refractivity contribution is -0.669. The summed E-state index contributed by atoms with van der Waals surface area (Å²) < 4.78 is 35.7. The predicted molar refractivity (Wildman–Crippen MR) is 125 cm³/mol. The van der Waals surface area contributed by atoms with Gasteiger partial charge in [-0.2, -0.15) is 4.57 Å². The van der Waals surface area contributed by atoms with Crippen molar-refractivity contribution in [1.29, 1.82) is 0 Å². The third-order valence-electron chi connectivity index (χ3n) is 5.58. The molecule has 4 rings (SSSR count). The normalized spacial score (nSPS) is 14.9. The molecule has 0 aliphatic carbocycles. The monoisotopic (exact) mass is 434 g/mol. The molecule has 160 valence electrons. The van der Waals surface area contributed by atoms with E-state index in [0.717, 1.165) is 34.8 Å². The van der Waals surface area contributed by atoms with Crippen LogP contribution in [0, 0.1) is 6.92 Å². The maximum absolute atomic E-state index is 11.1. The van der Waals surface area contributed by atoms with Crippen LogP contribution in [-0.2, 0) is 16.7 Å². The summed E-state index contributed by atoms with van der Waals surface area (Å²) in [5.74, 6) is -0.368. The Kier molecular flexibility index (Phi) is 5.94. The van der Waals surface area contributed by atoms with Gasteiger partial charge in [-0.05, 0) is 55.7 Å². The average Bonchev–Trinajstić information content (AvgIpc) is 2.74. The maximum atomic E-state index is 11.1. The molecule has 2 heterocycles. The quantitative estimate of drug-likeness (QED) is 0.429. The molecule has 0 saturated carbocycles. The van der Waals surface area contributed by atoms with Crippen LogP contribution in [0.15, 0.2) is 66.4 Å². The van der Waals surface area contributed by atoms with Crippen LogP contribution in [0.5, 0.6) is 0 Å². The first kappa shape index (κ1) is 21.3. The smallest absolute Gasteiger partial charge is 0.212 e. The molecule has 0 spiro atoms. The molecule has 0 unspecified atom stereocenters. The van der Waals surface area contributed by atoms with Crippen molar-refractivity contribution >= 4 is 38.9 Å². The number of hydrogen-bond acceptors (Lipinski definition) is 4. The molecule has 3 aromatic rings. The van der Waals surface area contributed by atoms with Crippen LogP contribution in [0.3, 0.4) is 0 Å². The largest absolute Gasteiger partial charge is 0.748 e. The molecule has 0 radical (unpaired) electrons. The van der Waals surface area contributed by atoms with Gasteiger partial charge >= 0.3 is 0 Å². The van der Waals surface area contributed by atoms with E-state index in [1.54, 1.807) is 0 Å². The maximum Gasteiger partial charge on any atom is 0.212 e. The van der Waals surface area contributed by atoms with Gasteiger partial charge in [0.25, 0.3) is 0 Å². The number of aryl methyl sites for hydroxylation is 2. The molecule has 1 aromatic heterocycles. The van der Waals surface area contributed by atoms with E-state index in [9.17, 15) is 13.0 Å². The Morgan fingerprint density at radius 3 is 2.65 bits per heavy atom. The molecule has 0 saturated heterocycles. The van der Waals surface area contributed by atoms with Gasteiger partial charge in [0.15, 0.2) is 0 Å². The Morgan fingerprint density at radius 1 is 1.06 bits per heavy atom. The van der Waals surface area contributed by atoms with Crippen LogP contribution in [0.1, 0.15) is 30.2 Å². The summed E-state index contributed by atoms with van der Waals surface area (Å²) in [6, 6.07) is 18.8. The van der Waals surface area contributed by atoms with Crippen molar-refractivity contribution in [2.45, 2.75) is 26.8 Å². The lowest BCUT2D eigenvalue weighted by Gasteiger charge is -2.31. The lowest BCUT2D eigenvalue weighted by Crippen LogP contribution is -2.37. The van der Waals surface area contributed by atoms with Crippen molar-refractivity contribution in [3.63, 3.8) is 0 Å². The first-order valence-corrected chi connectivity index (χ1v) is 12.1. The Balaban J connectivity index is 1.78. The summed E-state index contributed by atoms with van der Waals surface area (Å²) in [4.78, 5) is 2.11. The van der Waals surface area contributed by atoms with Gasteiger partial charge in [0.1, 0.15) is 6.54 Å². The number of para-hydroxylation sites is 1. The molecule has 31 heavy (non-hydrogen) atoms. The van der Waals surface area contributed by atoms with Crippen LogP contribution in [-0.4, -0.2) is 25.3 Å². The van der Waals surface area contributed by atoms with E-state index in [4.69, 9.17) is 0 Å². The number of rotatable bonds is 6. The Hall–Kier alpha value is -2.96. The van der Waals surface area contributed by atoms with E-state index in [0.29, 0.717) is 6.54 Å². The summed E-state index contributed by atoms with van der Waals surface area (Å²) in [6.07, 6.45) is 6.54. The molecule has 0 fully saturated rings. The molecule has 1 aliphatic rings. The Morgan fingerprint density at radius 2 is 1.87 bits per heavy atom. The highest BCUT2D eigenvalue weighted by Crippen LogP contribution is 2.33. The third-order valence-corrected chi connectivity index (χ3v) is 6.37. The first-order chi connectivity index (χ1) is 14.9.